The largest absolute Gasteiger partial charge is 0.397 e. The molecule has 0 unspecified atom stereocenters. The Kier molecular flexibility index (Phi) is 9.92. The highest BCUT2D eigenvalue weighted by Crippen LogP contribution is 2.17. The summed E-state index contributed by atoms with van der Waals surface area (Å²) in [4.78, 5) is 37.5. The number of nitrogen functional groups attached to an aromatic ring is 1. The summed E-state index contributed by atoms with van der Waals surface area (Å²) in [7, 11) is 4.94. The maximum atomic E-state index is 12.7. The number of nitrogens with one attached hydrogen (secondary N) is 4. The predicted molar refractivity (Wildman–Crippen MR) is 138 cm³/mol. The molecular formula is C20H28Cl2N10O3. The molecule has 3 aromatic heterocycles. The van der Waals surface area contributed by atoms with Gasteiger partial charge in [0, 0.05) is 52.6 Å². The topological polar surface area (TPSA) is 191 Å². The van der Waals surface area contributed by atoms with Crippen molar-refractivity contribution in [1.29, 1.82) is 5.41 Å². The van der Waals surface area contributed by atoms with Crippen molar-refractivity contribution < 1.29 is 14.4 Å². The van der Waals surface area contributed by atoms with Gasteiger partial charge in [-0.05, 0) is 12.1 Å². The molecule has 0 saturated heterocycles. The number of aryl methyl sites for hydroxylation is 3. The third-order valence-corrected chi connectivity index (χ3v) is 4.79. The molecule has 3 aromatic rings. The van der Waals surface area contributed by atoms with Crippen LogP contribution in [0.2, 0.25) is 0 Å². The van der Waals surface area contributed by atoms with Crippen LogP contribution in [0, 0.1) is 5.41 Å². The highest BCUT2D eigenvalue weighted by Gasteiger charge is 2.19. The van der Waals surface area contributed by atoms with Gasteiger partial charge >= 0.3 is 0 Å². The second kappa shape index (κ2) is 11.9. The Morgan fingerprint density at radius 2 is 1.51 bits per heavy atom. The molecule has 0 atom stereocenters. The molecule has 15 heteroatoms. The SMILES string of the molecule is Cl.Cl.Cn1cc(N)cc1C(=O)Nc1cc(C(=O)Nc2cc(C(=O)NCCC(=N)N)n(C)n2)n(C)c1. The van der Waals surface area contributed by atoms with E-state index in [1.807, 2.05) is 0 Å². The molecule has 3 heterocycles. The lowest BCUT2D eigenvalue weighted by atomic mass is 10.3. The van der Waals surface area contributed by atoms with Crippen molar-refractivity contribution in [2.24, 2.45) is 26.9 Å². The highest BCUT2D eigenvalue weighted by atomic mass is 35.5. The summed E-state index contributed by atoms with van der Waals surface area (Å²) in [6, 6.07) is 4.52. The lowest BCUT2D eigenvalue weighted by molar-refractivity contribution is 0.0943. The van der Waals surface area contributed by atoms with E-state index in [9.17, 15) is 14.4 Å². The van der Waals surface area contributed by atoms with Gasteiger partial charge in [-0.15, -0.1) is 24.8 Å². The summed E-state index contributed by atoms with van der Waals surface area (Å²) in [5.41, 5.74) is 12.8. The smallest absolute Gasteiger partial charge is 0.273 e. The molecule has 0 aliphatic rings. The minimum absolute atomic E-state index is 0. The number of hydrogen-bond donors (Lipinski definition) is 6. The third kappa shape index (κ3) is 7.01. The van der Waals surface area contributed by atoms with Crippen molar-refractivity contribution >= 4 is 65.6 Å². The molecule has 3 rings (SSSR count). The molecule has 190 valence electrons. The highest BCUT2D eigenvalue weighted by molar-refractivity contribution is 6.07. The van der Waals surface area contributed by atoms with E-state index in [0.29, 0.717) is 17.1 Å². The fourth-order valence-corrected chi connectivity index (χ4v) is 3.19. The van der Waals surface area contributed by atoms with Gasteiger partial charge in [0.2, 0.25) is 0 Å². The predicted octanol–water partition coefficient (Wildman–Crippen LogP) is 1.08. The fourth-order valence-electron chi connectivity index (χ4n) is 3.19. The maximum absolute atomic E-state index is 12.7. The molecule has 3 amide bonds. The van der Waals surface area contributed by atoms with Crippen molar-refractivity contribution in [2.75, 3.05) is 22.9 Å². The maximum Gasteiger partial charge on any atom is 0.273 e. The summed E-state index contributed by atoms with van der Waals surface area (Å²) in [6.45, 7) is 0.217. The fraction of sp³-hybridized carbons (Fsp3) is 0.250. The van der Waals surface area contributed by atoms with E-state index >= 15 is 0 Å². The average molecular weight is 527 g/mol. The molecule has 0 spiro atoms. The van der Waals surface area contributed by atoms with Crippen LogP contribution < -0.4 is 27.4 Å². The molecule has 13 nitrogen and oxygen atoms in total. The van der Waals surface area contributed by atoms with Crippen LogP contribution in [0.3, 0.4) is 0 Å². The molecule has 0 aliphatic carbocycles. The Bertz CT molecular complexity index is 1240. The Morgan fingerprint density at radius 3 is 2.11 bits per heavy atom. The number of amides is 3. The first-order valence-corrected chi connectivity index (χ1v) is 9.91. The number of nitrogens with zero attached hydrogens (tertiary/aromatic N) is 4. The Morgan fingerprint density at radius 1 is 0.914 bits per heavy atom. The van der Waals surface area contributed by atoms with Gasteiger partial charge < -0.3 is 36.6 Å². The molecule has 0 aromatic carbocycles. The summed E-state index contributed by atoms with van der Waals surface area (Å²) in [6.07, 6.45) is 3.46. The van der Waals surface area contributed by atoms with E-state index in [-0.39, 0.29) is 66.7 Å². The summed E-state index contributed by atoms with van der Waals surface area (Å²) >= 11 is 0. The first kappa shape index (κ1) is 29.1. The minimum atomic E-state index is -0.470. The first-order valence-electron chi connectivity index (χ1n) is 9.91. The number of aromatic nitrogens is 4. The molecule has 0 saturated carbocycles. The van der Waals surface area contributed by atoms with Crippen LogP contribution in [-0.4, -0.2) is 49.0 Å². The van der Waals surface area contributed by atoms with E-state index < -0.39 is 11.8 Å². The molecular weight excluding hydrogens is 499 g/mol. The minimum Gasteiger partial charge on any atom is -0.397 e. The van der Waals surface area contributed by atoms with E-state index in [1.165, 1.54) is 16.8 Å². The van der Waals surface area contributed by atoms with Gasteiger partial charge in [-0.2, -0.15) is 5.10 Å². The lowest BCUT2D eigenvalue weighted by Gasteiger charge is -2.03. The number of rotatable bonds is 8. The normalized spacial score (nSPS) is 10.0. The van der Waals surface area contributed by atoms with Crippen LogP contribution in [0.1, 0.15) is 37.9 Å². The van der Waals surface area contributed by atoms with Crippen LogP contribution in [-0.2, 0) is 21.1 Å². The summed E-state index contributed by atoms with van der Waals surface area (Å²) in [5, 5.41) is 19.3. The zero-order chi connectivity index (χ0) is 24.3. The van der Waals surface area contributed by atoms with Gasteiger partial charge in [0.15, 0.2) is 5.82 Å². The molecule has 8 N–H and O–H groups in total. The van der Waals surface area contributed by atoms with E-state index in [0.717, 1.165) is 0 Å². The second-order valence-electron chi connectivity index (χ2n) is 7.47. The number of amidine groups is 1. The quantitative estimate of drug-likeness (QED) is 0.188. The number of hydrogen-bond acceptors (Lipinski definition) is 6. The third-order valence-electron chi connectivity index (χ3n) is 4.79. The van der Waals surface area contributed by atoms with Crippen molar-refractivity contribution in [3.05, 3.63) is 47.7 Å². The molecule has 0 fully saturated rings. The van der Waals surface area contributed by atoms with Gasteiger partial charge in [-0.3, -0.25) is 24.5 Å². The zero-order valence-electron chi connectivity index (χ0n) is 19.3. The van der Waals surface area contributed by atoms with Gasteiger partial charge in [-0.25, -0.2) is 0 Å². The van der Waals surface area contributed by atoms with Crippen molar-refractivity contribution in [1.82, 2.24) is 24.2 Å². The molecule has 0 bridgehead atoms. The molecule has 0 aliphatic heterocycles. The standard InChI is InChI=1S/C20H26N10O3.2ClH/c1-28-9-11(21)6-13(28)19(32)25-12-7-14(29(2)10-12)20(33)26-17-8-15(30(3)27-17)18(31)24-5-4-16(22)23;;/h6-10H,4-5,21H2,1-3H3,(H3,22,23)(H,24,31)(H,25,32)(H,26,27,33);2*1H. The molecule has 35 heavy (non-hydrogen) atoms. The summed E-state index contributed by atoms with van der Waals surface area (Å²) < 4.78 is 4.50. The number of nitrogens with two attached hydrogens (primary N) is 2. The summed E-state index contributed by atoms with van der Waals surface area (Å²) in [5.74, 6) is -1.08. The number of carbonyl (C=O) groups excluding carboxylic acids is 3. The lowest BCUT2D eigenvalue weighted by Crippen LogP contribution is -2.29. The van der Waals surface area contributed by atoms with Crippen LogP contribution in [0.15, 0.2) is 30.6 Å². The average Bonchev–Trinajstić information content (AvgIpc) is 3.37. The van der Waals surface area contributed by atoms with Crippen molar-refractivity contribution in [3.63, 3.8) is 0 Å². The Balaban J connectivity index is 0.00000306. The van der Waals surface area contributed by atoms with Crippen LogP contribution in [0.5, 0.6) is 0 Å². The van der Waals surface area contributed by atoms with E-state index in [1.54, 1.807) is 48.7 Å². The van der Waals surface area contributed by atoms with Crippen molar-refractivity contribution in [2.45, 2.75) is 6.42 Å². The van der Waals surface area contributed by atoms with Gasteiger partial charge in [0.1, 0.15) is 17.1 Å². The second-order valence-corrected chi connectivity index (χ2v) is 7.47. The van der Waals surface area contributed by atoms with E-state index in [2.05, 4.69) is 21.0 Å². The van der Waals surface area contributed by atoms with Crippen LogP contribution in [0.25, 0.3) is 0 Å². The number of carbonyl (C=O) groups is 3. The van der Waals surface area contributed by atoms with Gasteiger partial charge in [0.25, 0.3) is 17.7 Å². The van der Waals surface area contributed by atoms with Gasteiger partial charge in [0.05, 0.1) is 17.2 Å². The zero-order valence-corrected chi connectivity index (χ0v) is 20.9. The first-order chi connectivity index (χ1) is 15.5. The molecule has 0 radical (unpaired) electrons. The monoisotopic (exact) mass is 526 g/mol. The van der Waals surface area contributed by atoms with Gasteiger partial charge in [-0.1, -0.05) is 0 Å². The van der Waals surface area contributed by atoms with Crippen LogP contribution >= 0.6 is 24.8 Å². The van der Waals surface area contributed by atoms with Crippen LogP contribution in [0.4, 0.5) is 17.2 Å². The van der Waals surface area contributed by atoms with Crippen molar-refractivity contribution in [3.8, 4) is 0 Å². The van der Waals surface area contributed by atoms with E-state index in [4.69, 9.17) is 16.9 Å². The Labute approximate surface area is 213 Å². The Hall–Kier alpha value is -3.97. The number of halogens is 2. The number of anilines is 3.